The molecule has 8 heteroatoms. The summed E-state index contributed by atoms with van der Waals surface area (Å²) in [7, 11) is -9.40. The molecule has 0 N–H and O–H groups in total. The van der Waals surface area contributed by atoms with Gasteiger partial charge in [0.2, 0.25) is 0 Å². The van der Waals surface area contributed by atoms with Crippen LogP contribution in [0.1, 0.15) is 0 Å². The normalized spacial score (nSPS) is 27.8. The Morgan fingerprint density at radius 1 is 0.917 bits per heavy atom. The van der Waals surface area contributed by atoms with E-state index >= 15 is 0 Å². The van der Waals surface area contributed by atoms with Crippen LogP contribution in [0.3, 0.4) is 0 Å². The van der Waals surface area contributed by atoms with Crippen molar-refractivity contribution < 1.29 is 24.2 Å². The Labute approximate surface area is 66.1 Å². The monoisotopic (exact) mass is 213 g/mol. The number of hydrogen-bond acceptors (Lipinski definition) is 2. The van der Waals surface area contributed by atoms with E-state index in [0.29, 0.717) is 0 Å². The predicted octanol–water partition coefficient (Wildman–Crippen LogP) is 2.53. The second-order valence-corrected chi connectivity index (χ2v) is 4.84. The summed E-state index contributed by atoms with van der Waals surface area (Å²) in [5.41, 5.74) is 0. The summed E-state index contributed by atoms with van der Waals surface area (Å²) in [6, 6.07) is 0. The van der Waals surface area contributed by atoms with Crippen molar-refractivity contribution in [1.82, 2.24) is 4.31 Å². The van der Waals surface area contributed by atoms with Gasteiger partial charge < -0.3 is 4.74 Å². The lowest BCUT2D eigenvalue weighted by atomic mass is 10.5. The summed E-state index contributed by atoms with van der Waals surface area (Å²) < 4.78 is 63.7. The molecule has 1 fully saturated rings. The van der Waals surface area contributed by atoms with Crippen LogP contribution in [-0.4, -0.2) is 30.6 Å². The first-order valence-corrected chi connectivity index (χ1v) is 5.07. The minimum Gasteiger partial charge on any atom is -0.379 e. The zero-order chi connectivity index (χ0) is 9.52. The lowest BCUT2D eigenvalue weighted by Crippen LogP contribution is -2.42. The highest BCUT2D eigenvalue weighted by molar-refractivity contribution is 8.43. The van der Waals surface area contributed by atoms with Crippen LogP contribution in [0.2, 0.25) is 0 Å². The molecule has 1 rings (SSSR count). The summed E-state index contributed by atoms with van der Waals surface area (Å²) in [5, 5.41) is 0. The van der Waals surface area contributed by atoms with Crippen molar-refractivity contribution >= 4 is 10.4 Å². The maximum Gasteiger partial charge on any atom is 0.344 e. The zero-order valence-corrected chi connectivity index (χ0v) is 6.80. The van der Waals surface area contributed by atoms with Crippen LogP contribution >= 0.6 is 10.4 Å². The van der Waals surface area contributed by atoms with Crippen LogP contribution in [0.25, 0.3) is 0 Å². The van der Waals surface area contributed by atoms with Crippen molar-refractivity contribution in [2.75, 3.05) is 26.3 Å². The van der Waals surface area contributed by atoms with Gasteiger partial charge in [-0.05, 0) is 0 Å². The van der Waals surface area contributed by atoms with E-state index in [4.69, 9.17) is 0 Å². The van der Waals surface area contributed by atoms with Gasteiger partial charge in [-0.15, -0.1) is 0 Å². The standard InChI is InChI=1S/C4H8F5NOS/c5-12(6,7,8,9)10-1-3-11-4-2-10/h1-4H2. The van der Waals surface area contributed by atoms with Gasteiger partial charge in [0.1, 0.15) is 0 Å². The maximum absolute atomic E-state index is 12.0. The average Bonchev–Trinajstić information content (AvgIpc) is 1.85. The van der Waals surface area contributed by atoms with Crippen LogP contribution in [-0.2, 0) is 4.74 Å². The van der Waals surface area contributed by atoms with Crippen LogP contribution < -0.4 is 0 Å². The Hall–Kier alpha value is -0.0800. The lowest BCUT2D eigenvalue weighted by Gasteiger charge is -2.50. The number of ether oxygens (including phenoxy) is 1. The van der Waals surface area contributed by atoms with E-state index in [2.05, 4.69) is 4.74 Å². The molecule has 0 unspecified atom stereocenters. The summed E-state index contributed by atoms with van der Waals surface area (Å²) in [6.07, 6.45) is 0. The van der Waals surface area contributed by atoms with Gasteiger partial charge in [-0.1, -0.05) is 19.4 Å². The Balaban J connectivity index is 2.81. The summed E-state index contributed by atoms with van der Waals surface area (Å²) in [6.45, 7) is -2.16. The summed E-state index contributed by atoms with van der Waals surface area (Å²) in [5.74, 6) is 0. The van der Waals surface area contributed by atoms with E-state index in [0.717, 1.165) is 0 Å². The molecule has 0 spiro atoms. The first-order valence-electron chi connectivity index (χ1n) is 3.16. The van der Waals surface area contributed by atoms with Gasteiger partial charge in [0.05, 0.1) is 13.2 Å². The van der Waals surface area contributed by atoms with Crippen LogP contribution in [0.15, 0.2) is 0 Å². The molecule has 1 heterocycles. The molecule has 0 radical (unpaired) electrons. The molecule has 0 aromatic carbocycles. The van der Waals surface area contributed by atoms with Crippen LogP contribution in [0.5, 0.6) is 0 Å². The summed E-state index contributed by atoms with van der Waals surface area (Å²) in [4.78, 5) is 0. The number of nitrogens with zero attached hydrogens (tertiary/aromatic N) is 1. The van der Waals surface area contributed by atoms with E-state index in [-0.39, 0.29) is 13.2 Å². The third-order valence-corrected chi connectivity index (χ3v) is 2.80. The topological polar surface area (TPSA) is 12.5 Å². The fraction of sp³-hybridized carbons (Fsp3) is 1.00. The third-order valence-electron chi connectivity index (χ3n) is 1.46. The minimum absolute atomic E-state index is 0.300. The quantitative estimate of drug-likeness (QED) is 0.620. The number of hydrogen-bond donors (Lipinski definition) is 0. The molecule has 1 saturated heterocycles. The summed E-state index contributed by atoms with van der Waals surface area (Å²) >= 11 is 0. The Bertz CT molecular complexity index is 181. The molecule has 0 aromatic rings. The molecular formula is C4H8F5NOS. The van der Waals surface area contributed by atoms with Crippen LogP contribution in [0.4, 0.5) is 19.4 Å². The molecular weight excluding hydrogens is 205 g/mol. The van der Waals surface area contributed by atoms with E-state index in [1.54, 1.807) is 0 Å². The highest BCUT2D eigenvalue weighted by Crippen LogP contribution is 2.99. The van der Waals surface area contributed by atoms with E-state index in [9.17, 15) is 19.4 Å². The third kappa shape index (κ3) is 2.46. The number of morpholine rings is 1. The van der Waals surface area contributed by atoms with E-state index < -0.39 is 27.8 Å². The van der Waals surface area contributed by atoms with Crippen LogP contribution in [0, 0.1) is 0 Å². The molecule has 1 aliphatic rings. The molecule has 0 aliphatic carbocycles. The molecule has 0 atom stereocenters. The number of halogens is 5. The van der Waals surface area contributed by atoms with Gasteiger partial charge in [0, 0.05) is 13.1 Å². The SMILES string of the molecule is FS(F)(F)(F)(F)N1CCOCC1. The maximum atomic E-state index is 12.0. The Morgan fingerprint density at radius 3 is 1.58 bits per heavy atom. The average molecular weight is 213 g/mol. The Morgan fingerprint density at radius 2 is 1.33 bits per heavy atom. The molecule has 2 nitrogen and oxygen atoms in total. The van der Waals surface area contributed by atoms with Crippen molar-refractivity contribution in [2.45, 2.75) is 0 Å². The van der Waals surface area contributed by atoms with Gasteiger partial charge in [-0.3, -0.25) is 0 Å². The Kier molecular flexibility index (Phi) is 1.71. The fourth-order valence-corrected chi connectivity index (χ4v) is 1.73. The van der Waals surface area contributed by atoms with Gasteiger partial charge in [0.15, 0.2) is 0 Å². The van der Waals surface area contributed by atoms with Crippen molar-refractivity contribution in [1.29, 1.82) is 0 Å². The molecule has 1 aliphatic heterocycles. The smallest absolute Gasteiger partial charge is 0.344 e. The van der Waals surface area contributed by atoms with Crippen molar-refractivity contribution in [3.8, 4) is 0 Å². The van der Waals surface area contributed by atoms with Crippen molar-refractivity contribution in [2.24, 2.45) is 0 Å². The lowest BCUT2D eigenvalue weighted by molar-refractivity contribution is 0.0523. The highest BCUT2D eigenvalue weighted by Gasteiger charge is 2.68. The van der Waals surface area contributed by atoms with Gasteiger partial charge in [-0.2, -0.15) is 4.31 Å². The molecule has 12 heavy (non-hydrogen) atoms. The van der Waals surface area contributed by atoms with Gasteiger partial charge in [-0.25, -0.2) is 0 Å². The largest absolute Gasteiger partial charge is 0.379 e. The second-order valence-electron chi connectivity index (χ2n) is 2.47. The molecule has 76 valence electrons. The molecule has 0 aromatic heterocycles. The first kappa shape index (κ1) is 10.0. The predicted molar refractivity (Wildman–Crippen MR) is 35.5 cm³/mol. The molecule has 0 saturated carbocycles. The second kappa shape index (κ2) is 2.05. The van der Waals surface area contributed by atoms with Crippen molar-refractivity contribution in [3.05, 3.63) is 0 Å². The van der Waals surface area contributed by atoms with E-state index in [1.165, 1.54) is 0 Å². The minimum atomic E-state index is -9.40. The van der Waals surface area contributed by atoms with E-state index in [1.807, 2.05) is 0 Å². The van der Waals surface area contributed by atoms with Gasteiger partial charge >= 0.3 is 10.4 Å². The molecule has 0 bridgehead atoms. The zero-order valence-electron chi connectivity index (χ0n) is 5.98. The van der Waals surface area contributed by atoms with Crippen molar-refractivity contribution in [3.63, 3.8) is 0 Å². The highest BCUT2D eigenvalue weighted by atomic mass is 32.5. The number of rotatable bonds is 1. The fourth-order valence-electron chi connectivity index (χ4n) is 0.892. The first-order chi connectivity index (χ1) is 5.09. The molecule has 0 amide bonds. The van der Waals surface area contributed by atoms with Gasteiger partial charge in [0.25, 0.3) is 0 Å².